The van der Waals surface area contributed by atoms with Gasteiger partial charge in [-0.15, -0.1) is 23.2 Å². The van der Waals surface area contributed by atoms with Gasteiger partial charge in [-0.05, 0) is 18.0 Å². The van der Waals surface area contributed by atoms with Crippen molar-refractivity contribution >= 4 is 79.6 Å². The first-order valence-electron chi connectivity index (χ1n) is 7.91. The minimum atomic E-state index is -0.508. The van der Waals surface area contributed by atoms with Crippen LogP contribution in [0.25, 0.3) is 0 Å². The van der Waals surface area contributed by atoms with Crippen molar-refractivity contribution < 1.29 is 20.5 Å². The van der Waals surface area contributed by atoms with E-state index in [2.05, 4.69) is 0 Å². The molecule has 25 heavy (non-hydrogen) atoms. The molecule has 2 N–H and O–H groups in total. The topological polar surface area (TPSA) is 94.3 Å². The first kappa shape index (κ1) is 30.0. The maximum absolute atomic E-state index is 10.6. The molecule has 0 rings (SSSR count). The number of ketones is 1. The summed E-state index contributed by atoms with van der Waals surface area (Å²) in [6.45, 7) is 5.94. The van der Waals surface area contributed by atoms with Gasteiger partial charge in [-0.1, -0.05) is 37.3 Å². The SMILES string of the molecule is CC(=O)SCCCC(=O)CCl.CC(=O)SCCN.O=C(Cl)CCl.[2H]CC. The highest BCUT2D eigenvalue weighted by atomic mass is 35.5. The van der Waals surface area contributed by atoms with Crippen molar-refractivity contribution in [3.05, 3.63) is 0 Å². The zero-order valence-electron chi connectivity index (χ0n) is 15.8. The smallest absolute Gasteiger partial charge is 0.236 e. The fourth-order valence-electron chi connectivity index (χ4n) is 0.755. The predicted molar refractivity (Wildman–Crippen MR) is 113 cm³/mol. The van der Waals surface area contributed by atoms with Gasteiger partial charge >= 0.3 is 0 Å². The Kier molecular flexibility index (Phi) is 34.7. The van der Waals surface area contributed by atoms with Gasteiger partial charge in [0, 0.05) is 39.7 Å². The number of thioether (sulfide) groups is 2. The Balaban J connectivity index is -0.000000139. The third-order valence-electron chi connectivity index (χ3n) is 1.58. The molecular formula is C15H28Cl3NO4S2. The number of alkyl halides is 2. The Morgan fingerprint density at radius 1 is 1.00 bits per heavy atom. The summed E-state index contributed by atoms with van der Waals surface area (Å²) in [6, 6.07) is 0. The van der Waals surface area contributed by atoms with E-state index in [1.165, 1.54) is 30.4 Å². The second-order valence-electron chi connectivity index (χ2n) is 3.73. The molecule has 150 valence electrons. The fourth-order valence-corrected chi connectivity index (χ4v) is 1.87. The van der Waals surface area contributed by atoms with Crippen LogP contribution in [0.3, 0.4) is 0 Å². The molecule has 0 saturated carbocycles. The Bertz CT molecular complexity index is 379. The molecule has 0 fully saturated rings. The first-order chi connectivity index (χ1) is 12.1. The van der Waals surface area contributed by atoms with E-state index in [9.17, 15) is 19.2 Å². The van der Waals surface area contributed by atoms with Gasteiger partial charge in [0.05, 0.1) is 11.8 Å². The summed E-state index contributed by atoms with van der Waals surface area (Å²) in [5.74, 6) is 1.51. The van der Waals surface area contributed by atoms with E-state index in [1.807, 2.05) is 0 Å². The normalized spacial score (nSPS) is 9.00. The van der Waals surface area contributed by atoms with Crippen LogP contribution < -0.4 is 5.73 Å². The van der Waals surface area contributed by atoms with Crippen molar-refractivity contribution in [2.75, 3.05) is 29.8 Å². The summed E-state index contributed by atoms with van der Waals surface area (Å²) >= 11 is 17.3. The number of hydrogen-bond acceptors (Lipinski definition) is 7. The van der Waals surface area contributed by atoms with E-state index in [0.29, 0.717) is 19.9 Å². The van der Waals surface area contributed by atoms with Crippen LogP contribution in [0.5, 0.6) is 0 Å². The molecule has 0 aromatic heterocycles. The summed E-state index contributed by atoms with van der Waals surface area (Å²) in [4.78, 5) is 40.6. The third kappa shape index (κ3) is 51.6. The van der Waals surface area contributed by atoms with Gasteiger partial charge in [-0.3, -0.25) is 19.2 Å². The van der Waals surface area contributed by atoms with Crippen molar-refractivity contribution in [2.45, 2.75) is 40.5 Å². The van der Waals surface area contributed by atoms with Crippen LogP contribution in [-0.2, 0) is 19.2 Å². The van der Waals surface area contributed by atoms with E-state index < -0.39 is 5.24 Å². The molecule has 0 spiro atoms. The molecule has 0 aliphatic carbocycles. The molecule has 0 atom stereocenters. The van der Waals surface area contributed by atoms with Crippen LogP contribution in [-0.4, -0.2) is 51.1 Å². The lowest BCUT2D eigenvalue weighted by Gasteiger charge is -1.95. The lowest BCUT2D eigenvalue weighted by Crippen LogP contribution is -2.02. The van der Waals surface area contributed by atoms with Crippen LogP contribution in [0, 0.1) is 0 Å². The average molecular weight is 458 g/mol. The van der Waals surface area contributed by atoms with Crippen LogP contribution in [0.4, 0.5) is 0 Å². The Hall–Kier alpha value is 0.210. The van der Waals surface area contributed by atoms with Crippen molar-refractivity contribution in [1.82, 2.24) is 0 Å². The van der Waals surface area contributed by atoms with Crippen LogP contribution in [0.1, 0.15) is 41.9 Å². The van der Waals surface area contributed by atoms with Crippen molar-refractivity contribution in [3.63, 3.8) is 0 Å². The minimum absolute atomic E-state index is 0.0517. The summed E-state index contributed by atoms with van der Waals surface area (Å²) in [6.07, 6.45) is 1.24. The predicted octanol–water partition coefficient (Wildman–Crippen LogP) is 4.10. The summed E-state index contributed by atoms with van der Waals surface area (Å²) in [7, 11) is 0. The maximum atomic E-state index is 10.6. The highest BCUT2D eigenvalue weighted by Crippen LogP contribution is 2.05. The van der Waals surface area contributed by atoms with Crippen LogP contribution in [0.2, 0.25) is 0 Å². The second kappa shape index (κ2) is 29.0. The molecule has 0 radical (unpaired) electrons. The van der Waals surface area contributed by atoms with Crippen molar-refractivity contribution in [2.24, 2.45) is 5.73 Å². The number of halogens is 3. The van der Waals surface area contributed by atoms with E-state index in [4.69, 9.17) is 41.9 Å². The number of rotatable bonds is 8. The third-order valence-corrected chi connectivity index (χ3v) is 4.14. The Morgan fingerprint density at radius 2 is 1.40 bits per heavy atom. The van der Waals surface area contributed by atoms with Gasteiger partial charge in [-0.25, -0.2) is 0 Å². The molecular weight excluding hydrogens is 429 g/mol. The molecule has 0 bridgehead atoms. The number of nitrogens with two attached hydrogens (primary N) is 1. The molecule has 0 heterocycles. The molecule has 0 aliphatic rings. The van der Waals surface area contributed by atoms with Crippen LogP contribution in [0.15, 0.2) is 0 Å². The zero-order chi connectivity index (χ0) is 21.4. The summed E-state index contributed by atoms with van der Waals surface area (Å²) < 4.78 is 6.21. The molecule has 0 aromatic rings. The van der Waals surface area contributed by atoms with E-state index >= 15 is 0 Å². The second-order valence-corrected chi connectivity index (χ2v) is 7.23. The van der Waals surface area contributed by atoms with Crippen LogP contribution >= 0.6 is 58.3 Å². The number of Topliss-reactive ketones (excluding diaryl/α,β-unsaturated/α-hetero) is 1. The largest absolute Gasteiger partial charge is 0.330 e. The fraction of sp³-hybridized carbons (Fsp3) is 0.733. The van der Waals surface area contributed by atoms with Gasteiger partial charge in [0.2, 0.25) is 5.24 Å². The molecule has 5 nitrogen and oxygen atoms in total. The van der Waals surface area contributed by atoms with Gasteiger partial charge in [0.1, 0.15) is 5.78 Å². The number of hydrogen-bond donors (Lipinski definition) is 1. The molecule has 0 saturated heterocycles. The van der Waals surface area contributed by atoms with Gasteiger partial charge in [-0.2, -0.15) is 0 Å². The lowest BCUT2D eigenvalue weighted by atomic mass is 10.2. The van der Waals surface area contributed by atoms with Gasteiger partial charge in [0.15, 0.2) is 10.2 Å². The molecule has 0 aromatic carbocycles. The highest BCUT2D eigenvalue weighted by molar-refractivity contribution is 8.13. The zero-order valence-corrected chi connectivity index (χ0v) is 18.7. The number of carbonyl (C=O) groups excluding carboxylic acids is 4. The van der Waals surface area contributed by atoms with Crippen molar-refractivity contribution in [3.8, 4) is 0 Å². The van der Waals surface area contributed by atoms with E-state index in [-0.39, 0.29) is 27.8 Å². The van der Waals surface area contributed by atoms with Crippen molar-refractivity contribution in [1.29, 1.82) is 0 Å². The van der Waals surface area contributed by atoms with E-state index in [1.54, 1.807) is 13.8 Å². The standard InChI is InChI=1S/C7H11ClO2S.C4H9NOS.C2H2Cl2O.C2H6/c1-6(9)11-4-2-3-7(10)5-8;1-4(6)7-3-2-5;3-1-2(4)5;1-2/h2-5H2,1H3;2-3,5H2,1H3;1H2;1-2H3/i;;;1D. The summed E-state index contributed by atoms with van der Waals surface area (Å²) in [5, 5.41) is -0.263. The molecule has 0 unspecified atom stereocenters. The lowest BCUT2D eigenvalue weighted by molar-refractivity contribution is -0.117. The highest BCUT2D eigenvalue weighted by Gasteiger charge is 1.99. The monoisotopic (exact) mass is 456 g/mol. The minimum Gasteiger partial charge on any atom is -0.330 e. The summed E-state index contributed by atoms with van der Waals surface area (Å²) in [5.41, 5.74) is 5.10. The number of carbonyl (C=O) groups is 4. The van der Waals surface area contributed by atoms with Gasteiger partial charge in [0.25, 0.3) is 0 Å². The molecule has 0 amide bonds. The molecule has 10 heteroatoms. The average Bonchev–Trinajstić information content (AvgIpc) is 2.58. The first-order valence-corrected chi connectivity index (χ1v) is 10.6. The maximum Gasteiger partial charge on any atom is 0.236 e. The van der Waals surface area contributed by atoms with Gasteiger partial charge < -0.3 is 5.73 Å². The Morgan fingerprint density at radius 3 is 1.64 bits per heavy atom. The molecule has 0 aliphatic heterocycles. The van der Waals surface area contributed by atoms with E-state index in [0.717, 1.165) is 17.9 Å². The quantitative estimate of drug-likeness (QED) is 0.333. The Labute approximate surface area is 175 Å².